The lowest BCUT2D eigenvalue weighted by molar-refractivity contribution is -0.0422. The zero-order valence-corrected chi connectivity index (χ0v) is 16.9. The topological polar surface area (TPSA) is 52.6 Å². The lowest BCUT2D eigenvalue weighted by Crippen LogP contribution is -2.53. The van der Waals surface area contributed by atoms with E-state index in [1.807, 2.05) is 77.7 Å². The van der Waals surface area contributed by atoms with Crippen molar-refractivity contribution in [1.82, 2.24) is 4.90 Å². The number of piperidine rings is 1. The highest BCUT2D eigenvalue weighted by Crippen LogP contribution is 2.46. The third-order valence-electron chi connectivity index (χ3n) is 6.57. The van der Waals surface area contributed by atoms with E-state index in [9.17, 15) is 9.90 Å². The first kappa shape index (κ1) is 18.9. The van der Waals surface area contributed by atoms with Gasteiger partial charge in [-0.1, -0.05) is 78.9 Å². The molecular weight excluding hydrogens is 372 g/mol. The standard InChI is InChI=1S/C26H26N2O2/c29-25(27-24-14-8-7-13-23(24)19-9-3-1-4-10-19)28-21-15-16-22(28)18-26(30,17-21)20-11-5-2-6-12-20/h1-14,21-22,30H,15-18H2,(H,27,29)/t21-,22+,26?. The monoisotopic (exact) mass is 398 g/mol. The first-order chi connectivity index (χ1) is 14.6. The summed E-state index contributed by atoms with van der Waals surface area (Å²) in [6.45, 7) is 0. The van der Waals surface area contributed by atoms with Crippen LogP contribution in [0, 0.1) is 0 Å². The number of fused-ring (bicyclic) bond motifs is 2. The van der Waals surface area contributed by atoms with Crippen molar-refractivity contribution in [3.05, 3.63) is 90.5 Å². The van der Waals surface area contributed by atoms with Crippen LogP contribution in [0.4, 0.5) is 10.5 Å². The van der Waals surface area contributed by atoms with E-state index in [2.05, 4.69) is 17.4 Å². The Bertz CT molecular complexity index is 1020. The molecule has 2 N–H and O–H groups in total. The highest BCUT2D eigenvalue weighted by atomic mass is 16.3. The maximum atomic E-state index is 13.3. The number of anilines is 1. The molecule has 2 heterocycles. The first-order valence-electron chi connectivity index (χ1n) is 10.7. The SMILES string of the molecule is O=C(Nc1ccccc1-c1ccccc1)N1[C@@H]2CC[C@H]1CC(O)(c1ccccc1)C2. The molecule has 2 aliphatic rings. The molecule has 4 nitrogen and oxygen atoms in total. The molecule has 2 aliphatic heterocycles. The van der Waals surface area contributed by atoms with Gasteiger partial charge in [-0.25, -0.2) is 4.79 Å². The minimum absolute atomic E-state index is 0.0536. The summed E-state index contributed by atoms with van der Waals surface area (Å²) in [6, 6.07) is 27.9. The Hall–Kier alpha value is -3.11. The molecule has 0 saturated carbocycles. The minimum atomic E-state index is -0.855. The van der Waals surface area contributed by atoms with Crippen LogP contribution in [0.5, 0.6) is 0 Å². The van der Waals surface area contributed by atoms with Crippen LogP contribution in [0.25, 0.3) is 11.1 Å². The number of para-hydroxylation sites is 1. The Balaban J connectivity index is 1.37. The molecule has 0 aliphatic carbocycles. The number of rotatable bonds is 3. The molecule has 2 bridgehead atoms. The van der Waals surface area contributed by atoms with Gasteiger partial charge in [0.2, 0.25) is 0 Å². The summed E-state index contributed by atoms with van der Waals surface area (Å²) in [5.41, 5.74) is 3.00. The fourth-order valence-electron chi connectivity index (χ4n) is 5.18. The largest absolute Gasteiger partial charge is 0.385 e. The van der Waals surface area contributed by atoms with E-state index in [1.165, 1.54) is 0 Å². The summed E-state index contributed by atoms with van der Waals surface area (Å²) < 4.78 is 0. The van der Waals surface area contributed by atoms with Gasteiger partial charge in [-0.15, -0.1) is 0 Å². The van der Waals surface area contributed by atoms with Crippen LogP contribution in [-0.4, -0.2) is 28.1 Å². The van der Waals surface area contributed by atoms with E-state index in [0.717, 1.165) is 35.2 Å². The zero-order chi connectivity index (χ0) is 20.6. The van der Waals surface area contributed by atoms with E-state index >= 15 is 0 Å². The molecule has 0 radical (unpaired) electrons. The van der Waals surface area contributed by atoms with E-state index < -0.39 is 5.60 Å². The second kappa shape index (κ2) is 7.62. The van der Waals surface area contributed by atoms with Crippen LogP contribution in [0.15, 0.2) is 84.9 Å². The number of amides is 2. The molecule has 3 atom stereocenters. The van der Waals surface area contributed by atoms with Crippen molar-refractivity contribution in [3.8, 4) is 11.1 Å². The Morgan fingerprint density at radius 1 is 0.833 bits per heavy atom. The third kappa shape index (κ3) is 3.37. The lowest BCUT2D eigenvalue weighted by Gasteiger charge is -2.44. The van der Waals surface area contributed by atoms with Gasteiger partial charge < -0.3 is 15.3 Å². The second-order valence-electron chi connectivity index (χ2n) is 8.44. The van der Waals surface area contributed by atoms with Crippen molar-refractivity contribution in [2.24, 2.45) is 0 Å². The molecule has 4 heteroatoms. The van der Waals surface area contributed by atoms with Crippen LogP contribution in [-0.2, 0) is 5.60 Å². The van der Waals surface area contributed by atoms with Gasteiger partial charge in [-0.2, -0.15) is 0 Å². The number of urea groups is 1. The Morgan fingerprint density at radius 2 is 1.40 bits per heavy atom. The number of carbonyl (C=O) groups is 1. The summed E-state index contributed by atoms with van der Waals surface area (Å²) in [5.74, 6) is 0. The summed E-state index contributed by atoms with van der Waals surface area (Å²) in [5, 5.41) is 14.5. The molecule has 0 aromatic heterocycles. The minimum Gasteiger partial charge on any atom is -0.385 e. The number of benzene rings is 3. The smallest absolute Gasteiger partial charge is 0.322 e. The summed E-state index contributed by atoms with van der Waals surface area (Å²) in [6.07, 6.45) is 3.05. The number of nitrogens with one attached hydrogen (secondary N) is 1. The summed E-state index contributed by atoms with van der Waals surface area (Å²) >= 11 is 0. The average Bonchev–Trinajstić information content (AvgIpc) is 3.07. The van der Waals surface area contributed by atoms with Crippen molar-refractivity contribution in [2.75, 3.05) is 5.32 Å². The predicted molar refractivity (Wildman–Crippen MR) is 119 cm³/mol. The summed E-state index contributed by atoms with van der Waals surface area (Å²) in [7, 11) is 0. The lowest BCUT2D eigenvalue weighted by atomic mass is 9.80. The number of nitrogens with zero attached hydrogens (tertiary/aromatic N) is 1. The van der Waals surface area contributed by atoms with Crippen molar-refractivity contribution in [2.45, 2.75) is 43.4 Å². The maximum absolute atomic E-state index is 13.3. The van der Waals surface area contributed by atoms with Gasteiger partial charge in [0, 0.05) is 30.5 Å². The van der Waals surface area contributed by atoms with E-state index in [4.69, 9.17) is 0 Å². The summed E-state index contributed by atoms with van der Waals surface area (Å²) in [4.78, 5) is 15.3. The van der Waals surface area contributed by atoms with Gasteiger partial charge in [-0.05, 0) is 30.0 Å². The molecule has 0 spiro atoms. The Labute approximate surface area is 177 Å². The number of hydrogen-bond acceptors (Lipinski definition) is 2. The number of carbonyl (C=O) groups excluding carboxylic acids is 1. The normalized spacial score (nSPS) is 25.2. The number of hydrogen-bond donors (Lipinski definition) is 2. The van der Waals surface area contributed by atoms with Gasteiger partial charge in [0.25, 0.3) is 0 Å². The van der Waals surface area contributed by atoms with Gasteiger partial charge in [0.15, 0.2) is 0 Å². The highest BCUT2D eigenvalue weighted by Gasteiger charge is 2.50. The van der Waals surface area contributed by atoms with Crippen molar-refractivity contribution < 1.29 is 9.90 Å². The molecule has 2 amide bonds. The average molecular weight is 399 g/mol. The molecule has 3 aromatic rings. The molecule has 5 rings (SSSR count). The molecule has 30 heavy (non-hydrogen) atoms. The molecule has 1 unspecified atom stereocenters. The molecule has 2 saturated heterocycles. The van der Waals surface area contributed by atoms with Crippen molar-refractivity contribution in [3.63, 3.8) is 0 Å². The van der Waals surface area contributed by atoms with Gasteiger partial charge >= 0.3 is 6.03 Å². The van der Waals surface area contributed by atoms with E-state index in [1.54, 1.807) is 0 Å². The predicted octanol–water partition coefficient (Wildman–Crippen LogP) is 5.40. The van der Waals surface area contributed by atoms with Crippen LogP contribution >= 0.6 is 0 Å². The van der Waals surface area contributed by atoms with Gasteiger partial charge in [0.05, 0.1) is 11.3 Å². The first-order valence-corrected chi connectivity index (χ1v) is 10.7. The Morgan fingerprint density at radius 3 is 2.07 bits per heavy atom. The van der Waals surface area contributed by atoms with Gasteiger partial charge in [-0.3, -0.25) is 0 Å². The molecular formula is C26H26N2O2. The highest BCUT2D eigenvalue weighted by molar-refractivity contribution is 5.95. The van der Waals surface area contributed by atoms with Crippen LogP contribution in [0.2, 0.25) is 0 Å². The van der Waals surface area contributed by atoms with Crippen molar-refractivity contribution in [1.29, 1.82) is 0 Å². The van der Waals surface area contributed by atoms with E-state index in [-0.39, 0.29) is 18.1 Å². The quantitative estimate of drug-likeness (QED) is 0.621. The molecule has 2 fully saturated rings. The van der Waals surface area contributed by atoms with Crippen LogP contribution < -0.4 is 5.32 Å². The van der Waals surface area contributed by atoms with Gasteiger partial charge in [0.1, 0.15) is 0 Å². The van der Waals surface area contributed by atoms with Crippen LogP contribution in [0.1, 0.15) is 31.2 Å². The fourth-order valence-corrected chi connectivity index (χ4v) is 5.18. The fraction of sp³-hybridized carbons (Fsp3) is 0.269. The maximum Gasteiger partial charge on any atom is 0.322 e. The Kier molecular flexibility index (Phi) is 4.80. The van der Waals surface area contributed by atoms with E-state index in [0.29, 0.717) is 12.8 Å². The third-order valence-corrected chi connectivity index (χ3v) is 6.57. The molecule has 3 aromatic carbocycles. The van der Waals surface area contributed by atoms with Crippen molar-refractivity contribution >= 4 is 11.7 Å². The second-order valence-corrected chi connectivity index (χ2v) is 8.44. The number of aliphatic hydroxyl groups is 1. The molecule has 152 valence electrons. The zero-order valence-electron chi connectivity index (χ0n) is 16.9. The van der Waals surface area contributed by atoms with Crippen LogP contribution in [0.3, 0.4) is 0 Å².